The summed E-state index contributed by atoms with van der Waals surface area (Å²) in [5.41, 5.74) is 1.61. The lowest BCUT2D eigenvalue weighted by molar-refractivity contribution is 0.655. The van der Waals surface area contributed by atoms with E-state index in [1.807, 2.05) is 0 Å². The van der Waals surface area contributed by atoms with Crippen LogP contribution in [0.1, 0.15) is 85.0 Å². The molecule has 0 spiro atoms. The Morgan fingerprint density at radius 1 is 0.800 bits per heavy atom. The van der Waals surface area contributed by atoms with Gasteiger partial charge in [0.1, 0.15) is 0 Å². The van der Waals surface area contributed by atoms with Gasteiger partial charge in [0.25, 0.3) is 0 Å². The highest BCUT2D eigenvalue weighted by Crippen LogP contribution is 2.11. The Balaban J connectivity index is 3.27. The molecule has 0 aromatic heterocycles. The van der Waals surface area contributed by atoms with E-state index in [0.29, 0.717) is 0 Å². The first-order valence-electron chi connectivity index (χ1n) is 6.96. The fourth-order valence-corrected chi connectivity index (χ4v) is 1.85. The largest absolute Gasteiger partial charge is 0.0856 e. The molecule has 0 aliphatic heterocycles. The summed E-state index contributed by atoms with van der Waals surface area (Å²) in [5, 5.41) is 0. The van der Waals surface area contributed by atoms with Crippen molar-refractivity contribution < 1.29 is 0 Å². The molecule has 0 saturated heterocycles. The van der Waals surface area contributed by atoms with Gasteiger partial charge in [-0.15, -0.1) is 0 Å². The van der Waals surface area contributed by atoms with Gasteiger partial charge in [0, 0.05) is 0 Å². The van der Waals surface area contributed by atoms with Gasteiger partial charge in [0.15, 0.2) is 0 Å². The second-order valence-electron chi connectivity index (χ2n) is 4.71. The highest BCUT2D eigenvalue weighted by atomic mass is 14.0. The molecule has 0 rings (SSSR count). The third-order valence-electron chi connectivity index (χ3n) is 2.98. The van der Waals surface area contributed by atoms with Crippen LogP contribution in [-0.4, -0.2) is 0 Å². The fourth-order valence-electron chi connectivity index (χ4n) is 1.85. The van der Waals surface area contributed by atoms with E-state index in [0.717, 1.165) is 0 Å². The van der Waals surface area contributed by atoms with Gasteiger partial charge in [-0.1, -0.05) is 64.0 Å². The van der Waals surface area contributed by atoms with Crippen molar-refractivity contribution in [1.29, 1.82) is 0 Å². The zero-order chi connectivity index (χ0) is 11.4. The Morgan fingerprint density at radius 3 is 2.00 bits per heavy atom. The monoisotopic (exact) mass is 210 g/mol. The van der Waals surface area contributed by atoms with E-state index in [1.165, 1.54) is 64.2 Å². The minimum atomic E-state index is 1.31. The van der Waals surface area contributed by atoms with E-state index in [-0.39, 0.29) is 0 Å². The number of rotatable bonds is 10. The molecule has 0 unspecified atom stereocenters. The van der Waals surface area contributed by atoms with Crippen molar-refractivity contribution in [3.63, 3.8) is 0 Å². The lowest BCUT2D eigenvalue weighted by Gasteiger charge is -2.01. The van der Waals surface area contributed by atoms with E-state index in [9.17, 15) is 0 Å². The van der Waals surface area contributed by atoms with Crippen molar-refractivity contribution in [1.82, 2.24) is 0 Å². The summed E-state index contributed by atoms with van der Waals surface area (Å²) in [6.45, 7) is 6.84. The molecule has 0 atom stereocenters. The van der Waals surface area contributed by atoms with Crippen molar-refractivity contribution >= 4 is 0 Å². The molecule has 0 nitrogen and oxygen atoms in total. The molecule has 0 fully saturated rings. The second kappa shape index (κ2) is 11.8. The molecule has 0 radical (unpaired) electrons. The molecule has 15 heavy (non-hydrogen) atoms. The zero-order valence-electron chi connectivity index (χ0n) is 11.1. The van der Waals surface area contributed by atoms with Crippen LogP contribution in [0.3, 0.4) is 0 Å². The van der Waals surface area contributed by atoms with Crippen molar-refractivity contribution in [2.24, 2.45) is 0 Å². The van der Waals surface area contributed by atoms with Crippen molar-refractivity contribution in [3.05, 3.63) is 11.6 Å². The van der Waals surface area contributed by atoms with Crippen molar-refractivity contribution in [2.45, 2.75) is 85.0 Å². The van der Waals surface area contributed by atoms with Crippen LogP contribution in [0.5, 0.6) is 0 Å². The predicted molar refractivity (Wildman–Crippen MR) is 71.3 cm³/mol. The Hall–Kier alpha value is -0.260. The number of unbranched alkanes of at least 4 members (excludes halogenated alkanes) is 7. The Labute approximate surface area is 97.2 Å². The maximum Gasteiger partial charge on any atom is -0.0323 e. The molecule has 0 aromatic rings. The summed E-state index contributed by atoms with van der Waals surface area (Å²) in [4.78, 5) is 0. The van der Waals surface area contributed by atoms with Crippen LogP contribution in [0.2, 0.25) is 0 Å². The number of hydrogen-bond acceptors (Lipinski definition) is 0. The van der Waals surface area contributed by atoms with Gasteiger partial charge >= 0.3 is 0 Å². The number of allylic oxidation sites excluding steroid dienone is 2. The minimum absolute atomic E-state index is 1.31. The average molecular weight is 210 g/mol. The standard InChI is InChI=1S/C15H30/c1-4-6-8-10-12-14-15(3)13-11-9-7-5-2/h14H,4-13H2,1-3H3/b15-14+. The molecule has 0 N–H and O–H groups in total. The second-order valence-corrected chi connectivity index (χ2v) is 4.71. The fraction of sp³-hybridized carbons (Fsp3) is 0.867. The van der Waals surface area contributed by atoms with E-state index in [2.05, 4.69) is 26.8 Å². The lowest BCUT2D eigenvalue weighted by Crippen LogP contribution is -1.81. The van der Waals surface area contributed by atoms with Crippen LogP contribution in [0.15, 0.2) is 11.6 Å². The molecule has 0 bridgehead atoms. The summed E-state index contributed by atoms with van der Waals surface area (Å²) >= 11 is 0. The maximum atomic E-state index is 2.46. The van der Waals surface area contributed by atoms with Crippen LogP contribution >= 0.6 is 0 Å². The summed E-state index contributed by atoms with van der Waals surface area (Å²) in [5.74, 6) is 0. The molecule has 0 amide bonds. The van der Waals surface area contributed by atoms with Gasteiger partial charge in [-0.25, -0.2) is 0 Å². The van der Waals surface area contributed by atoms with E-state index >= 15 is 0 Å². The first kappa shape index (κ1) is 14.7. The van der Waals surface area contributed by atoms with Gasteiger partial charge in [-0.05, 0) is 32.6 Å². The SMILES string of the molecule is CCCCCC/C=C(\C)CCCCCC. The van der Waals surface area contributed by atoms with E-state index in [4.69, 9.17) is 0 Å². The topological polar surface area (TPSA) is 0 Å². The predicted octanol–water partition coefficient (Wildman–Crippen LogP) is 5.87. The first-order chi connectivity index (χ1) is 7.31. The molecule has 0 aliphatic carbocycles. The minimum Gasteiger partial charge on any atom is -0.0856 e. The maximum absolute atomic E-state index is 2.46. The Morgan fingerprint density at radius 2 is 1.40 bits per heavy atom. The smallest absolute Gasteiger partial charge is 0.0323 e. The lowest BCUT2D eigenvalue weighted by atomic mass is 10.1. The van der Waals surface area contributed by atoms with E-state index < -0.39 is 0 Å². The van der Waals surface area contributed by atoms with Crippen LogP contribution in [-0.2, 0) is 0 Å². The van der Waals surface area contributed by atoms with Gasteiger partial charge in [-0.3, -0.25) is 0 Å². The third-order valence-corrected chi connectivity index (χ3v) is 2.98. The molecule has 0 heteroatoms. The molecule has 0 saturated carbocycles. The summed E-state index contributed by atoms with van der Waals surface area (Å²) < 4.78 is 0. The Bertz CT molecular complexity index is 144. The average Bonchev–Trinajstić information content (AvgIpc) is 2.24. The highest BCUT2D eigenvalue weighted by molar-refractivity contribution is 4.97. The van der Waals surface area contributed by atoms with Crippen LogP contribution < -0.4 is 0 Å². The van der Waals surface area contributed by atoms with Crippen LogP contribution in [0.25, 0.3) is 0 Å². The summed E-state index contributed by atoms with van der Waals surface area (Å²) in [7, 11) is 0. The highest BCUT2D eigenvalue weighted by Gasteiger charge is 1.91. The first-order valence-corrected chi connectivity index (χ1v) is 6.96. The van der Waals surface area contributed by atoms with Crippen LogP contribution in [0.4, 0.5) is 0 Å². The molecule has 90 valence electrons. The molecular formula is C15H30. The van der Waals surface area contributed by atoms with E-state index in [1.54, 1.807) is 5.57 Å². The van der Waals surface area contributed by atoms with Gasteiger partial charge in [0.2, 0.25) is 0 Å². The third kappa shape index (κ3) is 11.7. The molecule has 0 aliphatic rings. The Kier molecular flexibility index (Phi) is 11.6. The normalized spacial score (nSPS) is 12.1. The van der Waals surface area contributed by atoms with Gasteiger partial charge in [0.05, 0.1) is 0 Å². The van der Waals surface area contributed by atoms with Crippen molar-refractivity contribution in [3.8, 4) is 0 Å². The summed E-state index contributed by atoms with van der Waals surface area (Å²) in [6.07, 6.45) is 16.2. The van der Waals surface area contributed by atoms with Crippen molar-refractivity contribution in [2.75, 3.05) is 0 Å². The molecular weight excluding hydrogens is 180 g/mol. The molecule has 0 heterocycles. The zero-order valence-corrected chi connectivity index (χ0v) is 11.1. The summed E-state index contributed by atoms with van der Waals surface area (Å²) in [6, 6.07) is 0. The number of hydrogen-bond donors (Lipinski definition) is 0. The quantitative estimate of drug-likeness (QED) is 0.312. The van der Waals surface area contributed by atoms with Crippen LogP contribution in [0, 0.1) is 0 Å². The van der Waals surface area contributed by atoms with Gasteiger partial charge < -0.3 is 0 Å². The van der Waals surface area contributed by atoms with Gasteiger partial charge in [-0.2, -0.15) is 0 Å². The molecule has 0 aromatic carbocycles.